The number of hydrogen-bond donors (Lipinski definition) is 3. The van der Waals surface area contributed by atoms with Gasteiger partial charge in [0.15, 0.2) is 0 Å². The van der Waals surface area contributed by atoms with Crippen molar-refractivity contribution in [2.75, 3.05) is 13.1 Å². The lowest BCUT2D eigenvalue weighted by atomic mass is 10.3. The molecule has 0 radical (unpaired) electrons. The number of hydrazine groups is 1. The van der Waals surface area contributed by atoms with E-state index in [1.165, 1.54) is 0 Å². The number of aryl methyl sites for hydroxylation is 1. The number of nitrogens with zero attached hydrogens (tertiary/aromatic N) is 3. The van der Waals surface area contributed by atoms with Crippen molar-refractivity contribution in [3.63, 3.8) is 0 Å². The molecule has 0 bridgehead atoms. The molecule has 1 aromatic heterocycles. The molecule has 0 spiro atoms. The third kappa shape index (κ3) is 5.91. The zero-order valence-corrected chi connectivity index (χ0v) is 10.4. The van der Waals surface area contributed by atoms with E-state index in [2.05, 4.69) is 32.2 Å². The smallest absolute Gasteiger partial charge is 0.205 e. The number of rotatable bonds is 7. The van der Waals surface area contributed by atoms with Gasteiger partial charge in [-0.15, -0.1) is 0 Å². The largest absolute Gasteiger partial charge is 0.355 e. The monoisotopic (exact) mass is 238 g/mol. The van der Waals surface area contributed by atoms with Gasteiger partial charge in [-0.25, -0.2) is 10.8 Å². The number of unbranched alkanes of at least 4 members (excludes halogenated alkanes) is 1. The van der Waals surface area contributed by atoms with E-state index in [1.54, 1.807) is 6.20 Å². The fourth-order valence-corrected chi connectivity index (χ4v) is 1.42. The Labute approximate surface area is 102 Å². The Bertz CT molecular complexity index is 306. The average molecular weight is 238 g/mol. The summed E-state index contributed by atoms with van der Waals surface area (Å²) in [5.74, 6) is 6.03. The molecule has 17 heavy (non-hydrogen) atoms. The Balaban J connectivity index is 2.06. The molecule has 6 heteroatoms. The Hall–Kier alpha value is -1.56. The lowest BCUT2D eigenvalue weighted by Gasteiger charge is -2.08. The van der Waals surface area contributed by atoms with Crippen LogP contribution in [0.2, 0.25) is 0 Å². The van der Waals surface area contributed by atoms with Crippen molar-refractivity contribution in [1.82, 2.24) is 20.3 Å². The van der Waals surface area contributed by atoms with Gasteiger partial charge < -0.3 is 9.88 Å². The van der Waals surface area contributed by atoms with Crippen LogP contribution < -0.4 is 16.6 Å². The number of hydrogen-bond acceptors (Lipinski definition) is 3. The first kappa shape index (κ1) is 13.5. The Morgan fingerprint density at radius 3 is 3.00 bits per heavy atom. The predicted octanol–water partition coefficient (Wildman–Crippen LogP) is 0.482. The van der Waals surface area contributed by atoms with Gasteiger partial charge in [0, 0.05) is 32.0 Å². The summed E-state index contributed by atoms with van der Waals surface area (Å²) in [6.07, 6.45) is 8.81. The molecule has 0 saturated heterocycles. The summed E-state index contributed by atoms with van der Waals surface area (Å²) in [7, 11) is 0. The zero-order chi connectivity index (χ0) is 12.3. The molecule has 0 fully saturated rings. The van der Waals surface area contributed by atoms with E-state index < -0.39 is 0 Å². The highest BCUT2D eigenvalue weighted by molar-refractivity contribution is 5.79. The van der Waals surface area contributed by atoms with Crippen LogP contribution in [0.25, 0.3) is 0 Å². The molecule has 0 aliphatic rings. The number of aliphatic imine (C=N–C) groups is 1. The molecular weight excluding hydrogens is 216 g/mol. The van der Waals surface area contributed by atoms with E-state index >= 15 is 0 Å². The lowest BCUT2D eigenvalue weighted by Crippen LogP contribution is -2.42. The molecule has 0 saturated carbocycles. The van der Waals surface area contributed by atoms with Gasteiger partial charge >= 0.3 is 0 Å². The third-order valence-electron chi connectivity index (χ3n) is 2.32. The van der Waals surface area contributed by atoms with Crippen LogP contribution in [0, 0.1) is 0 Å². The second-order valence-corrected chi connectivity index (χ2v) is 3.81. The van der Waals surface area contributed by atoms with Crippen molar-refractivity contribution >= 4 is 5.96 Å². The van der Waals surface area contributed by atoms with Gasteiger partial charge in [-0.1, -0.05) is 6.92 Å². The van der Waals surface area contributed by atoms with Gasteiger partial charge in [0.2, 0.25) is 5.96 Å². The van der Waals surface area contributed by atoms with E-state index in [-0.39, 0.29) is 0 Å². The van der Waals surface area contributed by atoms with Gasteiger partial charge in [-0.05, 0) is 19.3 Å². The standard InChI is InChI=1S/C11H22N6/c1-2-5-14-11(16-12)15-6-3-4-8-17-9-7-13-10-17/h7,9-10H,2-6,8,12H2,1H3,(H2,14,15,16). The van der Waals surface area contributed by atoms with Crippen LogP contribution in [0.1, 0.15) is 26.2 Å². The maximum absolute atomic E-state index is 5.35. The average Bonchev–Trinajstić information content (AvgIpc) is 2.85. The minimum atomic E-state index is 0.675. The van der Waals surface area contributed by atoms with Gasteiger partial charge in [0.25, 0.3) is 0 Å². The summed E-state index contributed by atoms with van der Waals surface area (Å²) in [6, 6.07) is 0. The maximum Gasteiger partial charge on any atom is 0.205 e. The minimum Gasteiger partial charge on any atom is -0.355 e. The molecule has 96 valence electrons. The summed E-state index contributed by atoms with van der Waals surface area (Å²) in [5.41, 5.74) is 2.57. The molecule has 0 aromatic carbocycles. The highest BCUT2D eigenvalue weighted by Gasteiger charge is 1.95. The van der Waals surface area contributed by atoms with Crippen molar-refractivity contribution in [1.29, 1.82) is 0 Å². The van der Waals surface area contributed by atoms with Crippen LogP contribution in [0.5, 0.6) is 0 Å². The topological polar surface area (TPSA) is 80.3 Å². The molecule has 6 nitrogen and oxygen atoms in total. The van der Waals surface area contributed by atoms with Gasteiger partial charge in [-0.2, -0.15) is 0 Å². The second kappa shape index (κ2) is 8.58. The van der Waals surface area contributed by atoms with Crippen LogP contribution in [0.15, 0.2) is 23.7 Å². The van der Waals surface area contributed by atoms with Crippen molar-refractivity contribution < 1.29 is 0 Å². The highest BCUT2D eigenvalue weighted by atomic mass is 15.3. The molecule has 0 atom stereocenters. The number of nitrogens with two attached hydrogens (primary N) is 1. The lowest BCUT2D eigenvalue weighted by molar-refractivity contribution is 0.599. The summed E-state index contributed by atoms with van der Waals surface area (Å²) in [4.78, 5) is 8.26. The van der Waals surface area contributed by atoms with Crippen molar-refractivity contribution in [3.8, 4) is 0 Å². The normalized spacial score (nSPS) is 11.5. The molecular formula is C11H22N6. The summed E-state index contributed by atoms with van der Waals surface area (Å²) >= 11 is 0. The van der Waals surface area contributed by atoms with Crippen LogP contribution in [0.4, 0.5) is 0 Å². The molecule has 0 unspecified atom stereocenters. The first-order valence-electron chi connectivity index (χ1n) is 6.07. The maximum atomic E-state index is 5.35. The fraction of sp³-hybridized carbons (Fsp3) is 0.636. The van der Waals surface area contributed by atoms with Crippen LogP contribution in [0.3, 0.4) is 0 Å². The van der Waals surface area contributed by atoms with Gasteiger partial charge in [0.1, 0.15) is 0 Å². The number of imidazole rings is 1. The summed E-state index contributed by atoms with van der Waals surface area (Å²) < 4.78 is 2.08. The Morgan fingerprint density at radius 1 is 1.47 bits per heavy atom. The van der Waals surface area contributed by atoms with Crippen molar-refractivity contribution in [2.45, 2.75) is 32.7 Å². The summed E-state index contributed by atoms with van der Waals surface area (Å²) in [5, 5.41) is 3.17. The van der Waals surface area contributed by atoms with Crippen LogP contribution in [-0.4, -0.2) is 28.6 Å². The molecule has 0 amide bonds. The Morgan fingerprint density at radius 2 is 2.35 bits per heavy atom. The molecule has 0 aliphatic carbocycles. The first-order chi connectivity index (χ1) is 8.36. The SMILES string of the molecule is CCCN=C(NN)NCCCCn1ccnc1. The predicted molar refractivity (Wildman–Crippen MR) is 69.4 cm³/mol. The van der Waals surface area contributed by atoms with E-state index in [1.807, 2.05) is 12.5 Å². The molecule has 0 aliphatic heterocycles. The Kier molecular flexibility index (Phi) is 6.81. The number of nitrogens with one attached hydrogen (secondary N) is 2. The van der Waals surface area contributed by atoms with E-state index in [0.29, 0.717) is 5.96 Å². The molecule has 1 heterocycles. The third-order valence-corrected chi connectivity index (χ3v) is 2.32. The molecule has 1 aromatic rings. The first-order valence-corrected chi connectivity index (χ1v) is 6.07. The quantitative estimate of drug-likeness (QED) is 0.212. The molecule has 4 N–H and O–H groups in total. The highest BCUT2D eigenvalue weighted by Crippen LogP contribution is 1.93. The van der Waals surface area contributed by atoms with Crippen LogP contribution in [-0.2, 0) is 6.54 Å². The van der Waals surface area contributed by atoms with Gasteiger partial charge in [-0.3, -0.25) is 10.4 Å². The zero-order valence-electron chi connectivity index (χ0n) is 10.4. The van der Waals surface area contributed by atoms with E-state index in [4.69, 9.17) is 5.84 Å². The molecule has 1 rings (SSSR count). The number of guanidine groups is 1. The van der Waals surface area contributed by atoms with Crippen molar-refractivity contribution in [3.05, 3.63) is 18.7 Å². The minimum absolute atomic E-state index is 0.675. The van der Waals surface area contributed by atoms with Crippen molar-refractivity contribution in [2.24, 2.45) is 10.8 Å². The summed E-state index contributed by atoms with van der Waals surface area (Å²) in [6.45, 7) is 4.75. The second-order valence-electron chi connectivity index (χ2n) is 3.81. The number of aromatic nitrogens is 2. The van der Waals surface area contributed by atoms with Crippen LogP contribution >= 0.6 is 0 Å². The van der Waals surface area contributed by atoms with E-state index in [0.717, 1.165) is 38.9 Å². The fourth-order valence-electron chi connectivity index (χ4n) is 1.42. The van der Waals surface area contributed by atoms with Gasteiger partial charge in [0.05, 0.1) is 6.33 Å². The van der Waals surface area contributed by atoms with E-state index in [9.17, 15) is 0 Å².